The van der Waals surface area contributed by atoms with E-state index in [9.17, 15) is 4.79 Å². The van der Waals surface area contributed by atoms with Gasteiger partial charge in [0.25, 0.3) is 5.56 Å². The van der Waals surface area contributed by atoms with E-state index in [1.807, 2.05) is 0 Å². The van der Waals surface area contributed by atoms with Gasteiger partial charge in [-0.3, -0.25) is 4.79 Å². The Bertz CT molecular complexity index is 436. The predicted molar refractivity (Wildman–Crippen MR) is 69.5 cm³/mol. The minimum atomic E-state index is -0.0847. The fourth-order valence-electron chi connectivity index (χ4n) is 2.08. The van der Waals surface area contributed by atoms with Crippen LogP contribution in [0, 0.1) is 0 Å². The molecule has 1 aliphatic heterocycles. The van der Waals surface area contributed by atoms with Crippen LogP contribution in [0.1, 0.15) is 38.2 Å². The molecule has 2 N–H and O–H groups in total. The van der Waals surface area contributed by atoms with Gasteiger partial charge in [-0.15, -0.1) is 0 Å². The number of nitrogens with zero attached hydrogens (tertiary/aromatic N) is 1. The van der Waals surface area contributed by atoms with Crippen molar-refractivity contribution in [2.75, 3.05) is 6.61 Å². The molecule has 18 heavy (non-hydrogen) atoms. The van der Waals surface area contributed by atoms with Crippen LogP contribution in [0.4, 0.5) is 0 Å². The van der Waals surface area contributed by atoms with E-state index in [1.165, 1.54) is 0 Å². The smallest absolute Gasteiger partial charge is 0.251 e. The van der Waals surface area contributed by atoms with E-state index >= 15 is 0 Å². The summed E-state index contributed by atoms with van der Waals surface area (Å²) >= 11 is 0. The maximum atomic E-state index is 11.6. The highest BCUT2D eigenvalue weighted by atomic mass is 16.5. The summed E-state index contributed by atoms with van der Waals surface area (Å²) in [5.74, 6) is 0.731. The minimum Gasteiger partial charge on any atom is -0.378 e. The van der Waals surface area contributed by atoms with Gasteiger partial charge in [0.2, 0.25) is 0 Å². The maximum absolute atomic E-state index is 11.6. The molecule has 1 atom stereocenters. The van der Waals surface area contributed by atoms with Crippen molar-refractivity contribution in [1.82, 2.24) is 15.3 Å². The van der Waals surface area contributed by atoms with Gasteiger partial charge in [0.15, 0.2) is 0 Å². The zero-order chi connectivity index (χ0) is 13.0. The molecule has 5 heteroatoms. The molecule has 0 aliphatic carbocycles. The van der Waals surface area contributed by atoms with E-state index in [0.717, 1.165) is 31.0 Å². The first-order valence-corrected chi connectivity index (χ1v) is 6.57. The van der Waals surface area contributed by atoms with Crippen molar-refractivity contribution in [2.24, 2.45) is 0 Å². The van der Waals surface area contributed by atoms with E-state index in [4.69, 9.17) is 4.74 Å². The van der Waals surface area contributed by atoms with Gasteiger partial charge in [-0.25, -0.2) is 4.98 Å². The summed E-state index contributed by atoms with van der Waals surface area (Å²) in [6, 6.07) is 1.93. The molecule has 100 valence electrons. The highest BCUT2D eigenvalue weighted by Gasteiger charge is 2.17. The van der Waals surface area contributed by atoms with Gasteiger partial charge in [0.1, 0.15) is 5.82 Å². The Balaban J connectivity index is 2.03. The van der Waals surface area contributed by atoms with Gasteiger partial charge in [-0.2, -0.15) is 0 Å². The third-order valence-electron chi connectivity index (χ3n) is 2.98. The molecular formula is C13H21N3O2. The zero-order valence-electron chi connectivity index (χ0n) is 11.0. The molecule has 2 heterocycles. The molecular weight excluding hydrogens is 230 g/mol. The first kappa shape index (κ1) is 13.2. The van der Waals surface area contributed by atoms with Gasteiger partial charge in [-0.05, 0) is 12.8 Å². The van der Waals surface area contributed by atoms with Gasteiger partial charge in [-0.1, -0.05) is 13.8 Å². The second-order valence-corrected chi connectivity index (χ2v) is 5.06. The maximum Gasteiger partial charge on any atom is 0.251 e. The van der Waals surface area contributed by atoms with E-state index in [2.05, 4.69) is 29.1 Å². The molecule has 0 aromatic carbocycles. The highest BCUT2D eigenvalue weighted by Crippen LogP contribution is 2.14. The summed E-state index contributed by atoms with van der Waals surface area (Å²) in [5, 5.41) is 3.26. The quantitative estimate of drug-likeness (QED) is 0.819. The summed E-state index contributed by atoms with van der Waals surface area (Å²) in [6.07, 6.45) is 3.06. The number of H-pyrrole nitrogens is 1. The molecule has 2 rings (SSSR count). The van der Waals surface area contributed by atoms with Crippen LogP contribution in [-0.4, -0.2) is 28.7 Å². The summed E-state index contributed by atoms with van der Waals surface area (Å²) in [6.45, 7) is 5.59. The Hall–Kier alpha value is -1.20. The number of nitrogens with one attached hydrogen (secondary N) is 2. The second kappa shape index (κ2) is 6.11. The third kappa shape index (κ3) is 3.92. The lowest BCUT2D eigenvalue weighted by atomic mass is 10.2. The molecule has 0 spiro atoms. The lowest BCUT2D eigenvalue weighted by Gasteiger charge is -2.11. The summed E-state index contributed by atoms with van der Waals surface area (Å²) in [5.41, 5.74) is 0.707. The SMILES string of the molecule is CC(C)NCc1cc(=O)[nH]c(CC2CCCO2)n1. The molecule has 0 radical (unpaired) electrons. The van der Waals surface area contributed by atoms with Crippen molar-refractivity contribution in [3.8, 4) is 0 Å². The third-order valence-corrected chi connectivity index (χ3v) is 2.98. The summed E-state index contributed by atoms with van der Waals surface area (Å²) < 4.78 is 5.56. The van der Waals surface area contributed by atoms with Crippen LogP contribution in [0.3, 0.4) is 0 Å². The lowest BCUT2D eigenvalue weighted by molar-refractivity contribution is 0.109. The number of aromatic amines is 1. The number of hydrogen-bond donors (Lipinski definition) is 2. The Morgan fingerprint density at radius 1 is 1.61 bits per heavy atom. The zero-order valence-corrected chi connectivity index (χ0v) is 11.0. The van der Waals surface area contributed by atoms with Gasteiger partial charge in [0.05, 0.1) is 11.8 Å². The van der Waals surface area contributed by atoms with Crippen LogP contribution in [-0.2, 0) is 17.7 Å². The molecule has 1 aromatic heterocycles. The predicted octanol–water partition coefficient (Wildman–Crippen LogP) is 0.989. The number of ether oxygens (including phenoxy) is 1. The van der Waals surface area contributed by atoms with Crippen molar-refractivity contribution in [3.63, 3.8) is 0 Å². The Kier molecular flexibility index (Phi) is 4.49. The second-order valence-electron chi connectivity index (χ2n) is 5.06. The van der Waals surface area contributed by atoms with Crippen LogP contribution in [0.5, 0.6) is 0 Å². The van der Waals surface area contributed by atoms with Crippen molar-refractivity contribution < 1.29 is 4.74 Å². The van der Waals surface area contributed by atoms with E-state index in [1.54, 1.807) is 6.07 Å². The van der Waals surface area contributed by atoms with Crippen LogP contribution in [0.25, 0.3) is 0 Å². The fourth-order valence-corrected chi connectivity index (χ4v) is 2.08. The molecule has 1 fully saturated rings. The fraction of sp³-hybridized carbons (Fsp3) is 0.692. The molecule has 1 aromatic rings. The monoisotopic (exact) mass is 251 g/mol. The van der Waals surface area contributed by atoms with Crippen molar-refractivity contribution in [1.29, 1.82) is 0 Å². The lowest BCUT2D eigenvalue weighted by Crippen LogP contribution is -2.25. The first-order chi connectivity index (χ1) is 8.63. The summed E-state index contributed by atoms with van der Waals surface area (Å²) in [4.78, 5) is 18.8. The molecule has 5 nitrogen and oxygen atoms in total. The largest absolute Gasteiger partial charge is 0.378 e. The van der Waals surface area contributed by atoms with Crippen LogP contribution < -0.4 is 10.9 Å². The van der Waals surface area contributed by atoms with Gasteiger partial charge in [0, 0.05) is 31.7 Å². The van der Waals surface area contributed by atoms with Gasteiger partial charge >= 0.3 is 0 Å². The van der Waals surface area contributed by atoms with Crippen LogP contribution in [0.2, 0.25) is 0 Å². The molecule has 1 aliphatic rings. The van der Waals surface area contributed by atoms with E-state index in [-0.39, 0.29) is 11.7 Å². The molecule has 0 amide bonds. The van der Waals surface area contributed by atoms with Crippen LogP contribution in [0.15, 0.2) is 10.9 Å². The van der Waals surface area contributed by atoms with Crippen molar-refractivity contribution in [3.05, 3.63) is 27.9 Å². The highest BCUT2D eigenvalue weighted by molar-refractivity contribution is 5.03. The number of hydrogen-bond acceptors (Lipinski definition) is 4. The number of rotatable bonds is 5. The molecule has 0 saturated carbocycles. The first-order valence-electron chi connectivity index (χ1n) is 6.57. The van der Waals surface area contributed by atoms with Gasteiger partial charge < -0.3 is 15.0 Å². The van der Waals surface area contributed by atoms with Crippen molar-refractivity contribution >= 4 is 0 Å². The minimum absolute atomic E-state index is 0.0847. The number of aromatic nitrogens is 2. The average molecular weight is 251 g/mol. The van der Waals surface area contributed by atoms with E-state index in [0.29, 0.717) is 19.0 Å². The average Bonchev–Trinajstić information content (AvgIpc) is 2.78. The van der Waals surface area contributed by atoms with Crippen molar-refractivity contribution in [2.45, 2.75) is 51.8 Å². The molecule has 1 unspecified atom stereocenters. The molecule has 1 saturated heterocycles. The Morgan fingerprint density at radius 2 is 2.44 bits per heavy atom. The molecule has 0 bridgehead atoms. The van der Waals surface area contributed by atoms with E-state index < -0.39 is 0 Å². The topological polar surface area (TPSA) is 67.0 Å². The Morgan fingerprint density at radius 3 is 3.11 bits per heavy atom. The summed E-state index contributed by atoms with van der Waals surface area (Å²) in [7, 11) is 0. The standard InChI is InChI=1S/C13H21N3O2/c1-9(2)14-8-10-6-13(17)16-12(15-10)7-11-4-3-5-18-11/h6,9,11,14H,3-5,7-8H2,1-2H3,(H,15,16,17). The normalized spacial score (nSPS) is 19.6. The Labute approximate surface area is 107 Å². The van der Waals surface area contributed by atoms with Crippen LogP contribution >= 0.6 is 0 Å².